The Balaban J connectivity index is 0.993. The lowest BCUT2D eigenvalue weighted by Crippen LogP contribution is -2.64. The minimum absolute atomic E-state index is 0.0286. The molecule has 49 heavy (non-hydrogen) atoms. The molecule has 5 aliphatic rings. The maximum absolute atomic E-state index is 14.0. The first kappa shape index (κ1) is 32.1. The van der Waals surface area contributed by atoms with Gasteiger partial charge in [0.2, 0.25) is 11.8 Å². The number of fused-ring (bicyclic) bond motifs is 6. The molecular formula is C39H36Cl2N2O6. The molecule has 9 rings (SSSR count). The second kappa shape index (κ2) is 11.7. The highest BCUT2D eigenvalue weighted by molar-refractivity contribution is 6.19. The van der Waals surface area contributed by atoms with Gasteiger partial charge in [-0.05, 0) is 52.0 Å². The van der Waals surface area contributed by atoms with Gasteiger partial charge in [-0.3, -0.25) is 19.2 Å². The van der Waals surface area contributed by atoms with Crippen LogP contribution in [0.3, 0.4) is 0 Å². The van der Waals surface area contributed by atoms with E-state index in [4.69, 9.17) is 32.7 Å². The van der Waals surface area contributed by atoms with E-state index in [1.807, 2.05) is 70.5 Å². The lowest BCUT2D eigenvalue weighted by molar-refractivity contribution is -0.209. The largest absolute Gasteiger partial charge is 0.426 e. The van der Waals surface area contributed by atoms with Gasteiger partial charge in [-0.2, -0.15) is 0 Å². The van der Waals surface area contributed by atoms with Gasteiger partial charge in [0, 0.05) is 86.3 Å². The molecule has 8 nitrogen and oxygen atoms in total. The summed E-state index contributed by atoms with van der Waals surface area (Å²) >= 11 is 12.9. The van der Waals surface area contributed by atoms with Crippen LogP contribution in [0.2, 0.25) is 0 Å². The van der Waals surface area contributed by atoms with Crippen molar-refractivity contribution in [2.75, 3.05) is 34.6 Å². The zero-order valence-corrected chi connectivity index (χ0v) is 28.9. The van der Waals surface area contributed by atoms with E-state index in [9.17, 15) is 19.2 Å². The zero-order chi connectivity index (χ0) is 34.2. The van der Waals surface area contributed by atoms with Gasteiger partial charge in [-0.1, -0.05) is 48.5 Å². The molecule has 0 saturated heterocycles. The topological polar surface area (TPSA) is 93.2 Å². The molecule has 2 aliphatic heterocycles. The molecule has 3 aliphatic carbocycles. The highest BCUT2D eigenvalue weighted by atomic mass is 35.5. The fraction of sp³-hybridized carbons (Fsp3) is 0.385. The predicted octanol–water partition coefficient (Wildman–Crippen LogP) is 7.83. The van der Waals surface area contributed by atoms with Gasteiger partial charge in [0.15, 0.2) is 0 Å². The fourth-order valence-electron chi connectivity index (χ4n) is 9.47. The minimum Gasteiger partial charge on any atom is -0.426 e. The molecule has 0 spiro atoms. The van der Waals surface area contributed by atoms with Crippen LogP contribution in [0.1, 0.15) is 68.9 Å². The van der Waals surface area contributed by atoms with E-state index in [-0.39, 0.29) is 34.5 Å². The summed E-state index contributed by atoms with van der Waals surface area (Å²) in [5.74, 6) is 0.756. The Morgan fingerprint density at radius 2 is 1.02 bits per heavy atom. The number of amides is 2. The quantitative estimate of drug-likeness (QED) is 0.106. The SMILES string of the molecule is CC(=O)Oc1cc2c(c3ccccc13)[C@H](CCl)CN2C(=O)CC12CC(CC(=O)N3C[C@@H](CCl)c4c3cc(OC(C)=O)c3ccccc43)(C1)C2. The standard InChI is InChI=1S/C39H36Cl2N2O6/c1-22(44)48-32-11-30-36(28-9-5-3-7-26(28)32)24(15-40)17-42(30)34(46)13-38-19-39(20-38,21-38)14-35(47)43-18-25(16-41)37-29-10-6-4-8-27(29)33(12-31(37)43)49-23(2)45/h3-12,24-25H,13-21H2,1-2H3/t24-,25-,38?,39?/m1/s1. The van der Waals surface area contributed by atoms with Crippen molar-refractivity contribution in [1.29, 1.82) is 0 Å². The lowest BCUT2D eigenvalue weighted by atomic mass is 9.33. The van der Waals surface area contributed by atoms with Crippen LogP contribution < -0.4 is 19.3 Å². The van der Waals surface area contributed by atoms with Gasteiger partial charge in [-0.15, -0.1) is 23.2 Å². The number of hydrogen-bond donors (Lipinski definition) is 0. The smallest absolute Gasteiger partial charge is 0.308 e. The number of anilines is 2. The number of esters is 2. The van der Waals surface area contributed by atoms with Crippen molar-refractivity contribution in [2.24, 2.45) is 10.8 Å². The van der Waals surface area contributed by atoms with E-state index in [0.29, 0.717) is 49.2 Å². The summed E-state index contributed by atoms with van der Waals surface area (Å²) in [5.41, 5.74) is 3.30. The monoisotopic (exact) mass is 698 g/mol. The van der Waals surface area contributed by atoms with Crippen LogP contribution in [0.4, 0.5) is 11.4 Å². The Kier molecular flexibility index (Phi) is 7.68. The van der Waals surface area contributed by atoms with E-state index in [2.05, 4.69) is 0 Å². The van der Waals surface area contributed by atoms with Crippen molar-refractivity contribution in [1.82, 2.24) is 0 Å². The second-order valence-electron chi connectivity index (χ2n) is 14.5. The Bertz CT molecular complexity index is 1930. The maximum atomic E-state index is 14.0. The third-order valence-electron chi connectivity index (χ3n) is 11.0. The van der Waals surface area contributed by atoms with E-state index < -0.39 is 11.9 Å². The third kappa shape index (κ3) is 5.18. The summed E-state index contributed by atoms with van der Waals surface area (Å²) in [6.07, 6.45) is 3.26. The molecule has 2 amide bonds. The van der Waals surface area contributed by atoms with Crippen LogP contribution in [0.5, 0.6) is 11.5 Å². The molecule has 2 atom stereocenters. The van der Waals surface area contributed by atoms with Gasteiger partial charge >= 0.3 is 11.9 Å². The Morgan fingerprint density at radius 1 is 0.653 bits per heavy atom. The maximum Gasteiger partial charge on any atom is 0.308 e. The highest BCUT2D eigenvalue weighted by Gasteiger charge is 2.68. The molecule has 3 saturated carbocycles. The molecule has 4 aromatic carbocycles. The van der Waals surface area contributed by atoms with Crippen LogP contribution in [-0.4, -0.2) is 48.6 Å². The van der Waals surface area contributed by atoms with E-state index >= 15 is 0 Å². The van der Waals surface area contributed by atoms with Crippen LogP contribution in [0.25, 0.3) is 21.5 Å². The van der Waals surface area contributed by atoms with Crippen LogP contribution in [0.15, 0.2) is 60.7 Å². The molecule has 0 unspecified atom stereocenters. The molecule has 0 radical (unpaired) electrons. The highest BCUT2D eigenvalue weighted by Crippen LogP contribution is 2.76. The normalized spacial score (nSPS) is 24.7. The van der Waals surface area contributed by atoms with Gasteiger partial charge < -0.3 is 19.3 Å². The number of rotatable bonds is 8. The van der Waals surface area contributed by atoms with Crippen LogP contribution >= 0.6 is 23.2 Å². The first-order valence-electron chi connectivity index (χ1n) is 16.7. The number of carbonyl (C=O) groups is 4. The van der Waals surface area contributed by atoms with Crippen LogP contribution in [0, 0.1) is 10.8 Å². The summed E-state index contributed by atoms with van der Waals surface area (Å²) < 4.78 is 11.2. The van der Waals surface area contributed by atoms with E-state index in [1.165, 1.54) is 13.8 Å². The van der Waals surface area contributed by atoms with E-state index in [1.54, 1.807) is 0 Å². The van der Waals surface area contributed by atoms with Crippen molar-refractivity contribution in [3.05, 3.63) is 71.8 Å². The van der Waals surface area contributed by atoms with Gasteiger partial charge in [0.1, 0.15) is 11.5 Å². The molecule has 4 aromatic rings. The number of hydrogen-bond acceptors (Lipinski definition) is 6. The van der Waals surface area contributed by atoms with Crippen molar-refractivity contribution in [3.8, 4) is 11.5 Å². The van der Waals surface area contributed by atoms with Crippen molar-refractivity contribution in [3.63, 3.8) is 0 Å². The van der Waals surface area contributed by atoms with Crippen LogP contribution in [-0.2, 0) is 19.2 Å². The average molecular weight is 700 g/mol. The Morgan fingerprint density at radius 3 is 1.37 bits per heavy atom. The molecule has 0 N–H and O–H groups in total. The molecule has 10 heteroatoms. The molecule has 0 aromatic heterocycles. The first-order valence-corrected chi connectivity index (χ1v) is 17.8. The van der Waals surface area contributed by atoms with E-state index in [0.717, 1.165) is 63.3 Å². The fourth-order valence-corrected chi connectivity index (χ4v) is 9.97. The number of halogens is 2. The Hall–Kier alpha value is -4.14. The summed E-state index contributed by atoms with van der Waals surface area (Å²) in [6, 6.07) is 19.1. The third-order valence-corrected chi connectivity index (χ3v) is 11.8. The molecular weight excluding hydrogens is 663 g/mol. The van der Waals surface area contributed by atoms with Crippen molar-refractivity contribution in [2.45, 2.75) is 57.8 Å². The number of carbonyl (C=O) groups excluding carboxylic acids is 4. The van der Waals surface area contributed by atoms with Crippen molar-refractivity contribution >= 4 is 79.9 Å². The summed E-state index contributed by atoms with van der Waals surface area (Å²) in [5, 5.41) is 3.52. The molecule has 3 fully saturated rings. The van der Waals surface area contributed by atoms with Crippen molar-refractivity contribution < 1.29 is 28.7 Å². The zero-order valence-electron chi connectivity index (χ0n) is 27.4. The molecule has 2 bridgehead atoms. The van der Waals surface area contributed by atoms with Gasteiger partial charge in [0.25, 0.3) is 0 Å². The lowest BCUT2D eigenvalue weighted by Gasteiger charge is -2.71. The minimum atomic E-state index is -0.419. The number of benzene rings is 4. The number of alkyl halides is 2. The molecule has 252 valence electrons. The first-order chi connectivity index (χ1) is 23.5. The second-order valence-corrected chi connectivity index (χ2v) is 15.1. The number of nitrogens with zero attached hydrogens (tertiary/aromatic N) is 2. The van der Waals surface area contributed by atoms with Gasteiger partial charge in [0.05, 0.1) is 11.4 Å². The predicted molar refractivity (Wildman–Crippen MR) is 190 cm³/mol. The number of ether oxygens (including phenoxy) is 2. The summed E-state index contributed by atoms with van der Waals surface area (Å²) in [6.45, 7) is 3.70. The summed E-state index contributed by atoms with van der Waals surface area (Å²) in [7, 11) is 0. The Labute approximate surface area is 294 Å². The average Bonchev–Trinajstić information content (AvgIpc) is 3.61. The molecule has 2 heterocycles. The van der Waals surface area contributed by atoms with Gasteiger partial charge in [-0.25, -0.2) is 0 Å². The summed E-state index contributed by atoms with van der Waals surface area (Å²) in [4.78, 5) is 55.5.